The summed E-state index contributed by atoms with van der Waals surface area (Å²) in [6.07, 6.45) is 4.60. The Hall–Kier alpha value is -1.66. The van der Waals surface area contributed by atoms with Gasteiger partial charge in [0.15, 0.2) is 5.76 Å². The number of hydrogen-bond donors (Lipinski definition) is 0. The molecule has 6 heteroatoms. The summed E-state index contributed by atoms with van der Waals surface area (Å²) < 4.78 is 5.24. The molecule has 2 unspecified atom stereocenters. The largest absolute Gasteiger partial charge is 0.459 e. The molecule has 2 atom stereocenters. The third kappa shape index (κ3) is 2.49. The minimum atomic E-state index is 0.0193. The highest BCUT2D eigenvalue weighted by Gasteiger charge is 2.40. The van der Waals surface area contributed by atoms with Crippen molar-refractivity contribution in [2.24, 2.45) is 5.92 Å². The maximum Gasteiger partial charge on any atom is 0.289 e. The van der Waals surface area contributed by atoms with Crippen molar-refractivity contribution >= 4 is 17.2 Å². The van der Waals surface area contributed by atoms with Gasteiger partial charge in [-0.1, -0.05) is 0 Å². The summed E-state index contributed by atoms with van der Waals surface area (Å²) in [4.78, 5) is 21.2. The Morgan fingerprint density at radius 2 is 2.38 bits per heavy atom. The van der Waals surface area contributed by atoms with E-state index in [4.69, 9.17) is 4.42 Å². The molecule has 1 amide bonds. The molecule has 5 nitrogen and oxygen atoms in total. The van der Waals surface area contributed by atoms with E-state index in [0.29, 0.717) is 17.7 Å². The third-order valence-electron chi connectivity index (χ3n) is 4.37. The first-order valence-electron chi connectivity index (χ1n) is 7.25. The number of amides is 1. The Bertz CT molecular complexity index is 611. The number of nitrogens with zero attached hydrogens (tertiary/aromatic N) is 3. The number of thiazole rings is 1. The van der Waals surface area contributed by atoms with Crippen LogP contribution in [0.2, 0.25) is 0 Å². The van der Waals surface area contributed by atoms with Gasteiger partial charge in [0, 0.05) is 37.3 Å². The van der Waals surface area contributed by atoms with Gasteiger partial charge < -0.3 is 9.32 Å². The zero-order valence-electron chi connectivity index (χ0n) is 11.6. The van der Waals surface area contributed by atoms with Gasteiger partial charge in [-0.25, -0.2) is 4.98 Å². The number of furan rings is 1. The second-order valence-corrected chi connectivity index (χ2v) is 6.78. The van der Waals surface area contributed by atoms with E-state index >= 15 is 0 Å². The molecular formula is C15H17N3O2S. The predicted molar refractivity (Wildman–Crippen MR) is 79.0 cm³/mol. The van der Waals surface area contributed by atoms with E-state index in [-0.39, 0.29) is 5.91 Å². The highest BCUT2D eigenvalue weighted by atomic mass is 32.1. The zero-order valence-corrected chi connectivity index (χ0v) is 12.5. The van der Waals surface area contributed by atoms with Crippen molar-refractivity contribution in [3.63, 3.8) is 0 Å². The summed E-state index contributed by atoms with van der Waals surface area (Å²) in [6, 6.07) is 3.96. The summed E-state index contributed by atoms with van der Waals surface area (Å²) in [5.74, 6) is 1.04. The first-order chi connectivity index (χ1) is 10.3. The van der Waals surface area contributed by atoms with Crippen LogP contribution in [-0.4, -0.2) is 46.4 Å². The van der Waals surface area contributed by atoms with Gasteiger partial charge in [-0.3, -0.25) is 9.69 Å². The van der Waals surface area contributed by atoms with Crippen molar-refractivity contribution in [3.8, 4) is 0 Å². The van der Waals surface area contributed by atoms with Crippen LogP contribution in [0.15, 0.2) is 34.4 Å². The first kappa shape index (κ1) is 13.0. The minimum absolute atomic E-state index is 0.0193. The maximum absolute atomic E-state index is 12.4. The lowest BCUT2D eigenvalue weighted by molar-refractivity contribution is 0.0636. The van der Waals surface area contributed by atoms with Crippen LogP contribution in [0.5, 0.6) is 0 Å². The van der Waals surface area contributed by atoms with Gasteiger partial charge >= 0.3 is 0 Å². The fourth-order valence-corrected chi connectivity index (χ4v) is 4.11. The molecule has 110 valence electrons. The summed E-state index contributed by atoms with van der Waals surface area (Å²) >= 11 is 1.70. The third-order valence-corrected chi connectivity index (χ3v) is 5.13. The quantitative estimate of drug-likeness (QED) is 0.871. The molecule has 4 heterocycles. The van der Waals surface area contributed by atoms with Crippen LogP contribution >= 0.6 is 11.3 Å². The molecule has 0 spiro atoms. The Labute approximate surface area is 127 Å². The van der Waals surface area contributed by atoms with E-state index in [9.17, 15) is 4.79 Å². The number of carbonyl (C=O) groups is 1. The Morgan fingerprint density at radius 1 is 1.43 bits per heavy atom. The molecule has 0 saturated carbocycles. The standard InChI is InChI=1S/C15H17N3O2S/c19-15(13-2-1-4-20-13)18-8-11-6-12(9-18)17(7-11)10-14-16-3-5-21-14/h1-5,11-12H,6-10H2. The lowest BCUT2D eigenvalue weighted by Gasteiger charge is -2.32. The zero-order chi connectivity index (χ0) is 14.2. The van der Waals surface area contributed by atoms with Gasteiger partial charge in [0.2, 0.25) is 0 Å². The number of hydrogen-bond acceptors (Lipinski definition) is 5. The topological polar surface area (TPSA) is 49.6 Å². The van der Waals surface area contributed by atoms with Crippen LogP contribution in [0.4, 0.5) is 0 Å². The molecule has 2 saturated heterocycles. The molecule has 2 aliphatic rings. The molecular weight excluding hydrogens is 286 g/mol. The van der Waals surface area contributed by atoms with E-state index in [0.717, 1.165) is 31.2 Å². The van der Waals surface area contributed by atoms with Crippen molar-refractivity contribution in [2.75, 3.05) is 19.6 Å². The Balaban J connectivity index is 1.45. The lowest BCUT2D eigenvalue weighted by Crippen LogP contribution is -2.45. The SMILES string of the molecule is O=C(c1ccco1)N1CC2CC(C1)N(Cc1nccs1)C2. The molecule has 2 aliphatic heterocycles. The normalized spacial score (nSPS) is 25.4. The van der Waals surface area contributed by atoms with E-state index in [1.165, 1.54) is 6.42 Å². The molecule has 2 fully saturated rings. The van der Waals surface area contributed by atoms with E-state index in [1.807, 2.05) is 16.5 Å². The number of fused-ring (bicyclic) bond motifs is 2. The number of carbonyl (C=O) groups excluding carboxylic acids is 1. The first-order valence-corrected chi connectivity index (χ1v) is 8.13. The second kappa shape index (κ2) is 5.27. The number of likely N-dealkylation sites (tertiary alicyclic amines) is 2. The minimum Gasteiger partial charge on any atom is -0.459 e. The summed E-state index contributed by atoms with van der Waals surface area (Å²) in [7, 11) is 0. The highest BCUT2D eigenvalue weighted by molar-refractivity contribution is 7.09. The van der Waals surface area contributed by atoms with Crippen LogP contribution in [0, 0.1) is 5.92 Å². The summed E-state index contributed by atoms with van der Waals surface area (Å²) in [5, 5.41) is 3.18. The molecule has 0 aromatic carbocycles. The molecule has 2 aromatic rings. The average molecular weight is 303 g/mol. The number of rotatable bonds is 3. The highest BCUT2D eigenvalue weighted by Crippen LogP contribution is 2.31. The van der Waals surface area contributed by atoms with E-state index < -0.39 is 0 Å². The van der Waals surface area contributed by atoms with Crippen molar-refractivity contribution in [1.29, 1.82) is 0 Å². The van der Waals surface area contributed by atoms with Crippen LogP contribution in [0.3, 0.4) is 0 Å². The fraction of sp³-hybridized carbons (Fsp3) is 0.467. The van der Waals surface area contributed by atoms with Crippen molar-refractivity contribution in [1.82, 2.24) is 14.8 Å². The average Bonchev–Trinajstić information content (AvgIpc) is 3.22. The molecule has 2 aromatic heterocycles. The van der Waals surface area contributed by atoms with Gasteiger partial charge in [0.05, 0.1) is 12.8 Å². The van der Waals surface area contributed by atoms with Gasteiger partial charge in [-0.2, -0.15) is 0 Å². The Morgan fingerprint density at radius 3 is 3.14 bits per heavy atom. The predicted octanol–water partition coefficient (Wildman–Crippen LogP) is 2.08. The molecule has 0 aliphatic carbocycles. The molecule has 21 heavy (non-hydrogen) atoms. The second-order valence-electron chi connectivity index (χ2n) is 5.80. The van der Waals surface area contributed by atoms with Gasteiger partial charge in [-0.05, 0) is 24.5 Å². The van der Waals surface area contributed by atoms with Crippen LogP contribution in [-0.2, 0) is 6.54 Å². The van der Waals surface area contributed by atoms with Crippen LogP contribution in [0.25, 0.3) is 0 Å². The van der Waals surface area contributed by atoms with Gasteiger partial charge in [-0.15, -0.1) is 11.3 Å². The van der Waals surface area contributed by atoms with Crippen molar-refractivity contribution in [3.05, 3.63) is 40.7 Å². The molecule has 2 bridgehead atoms. The molecule has 4 rings (SSSR count). The van der Waals surface area contributed by atoms with Crippen molar-refractivity contribution < 1.29 is 9.21 Å². The maximum atomic E-state index is 12.4. The lowest BCUT2D eigenvalue weighted by atomic mass is 10.00. The van der Waals surface area contributed by atoms with Crippen LogP contribution < -0.4 is 0 Å². The van der Waals surface area contributed by atoms with Crippen molar-refractivity contribution in [2.45, 2.75) is 19.0 Å². The van der Waals surface area contributed by atoms with E-state index in [1.54, 1.807) is 29.7 Å². The van der Waals surface area contributed by atoms with Crippen LogP contribution in [0.1, 0.15) is 22.0 Å². The van der Waals surface area contributed by atoms with Gasteiger partial charge in [0.25, 0.3) is 5.91 Å². The smallest absolute Gasteiger partial charge is 0.289 e. The summed E-state index contributed by atoms with van der Waals surface area (Å²) in [5.41, 5.74) is 0. The number of aromatic nitrogens is 1. The fourth-order valence-electron chi connectivity index (χ4n) is 3.47. The molecule has 0 radical (unpaired) electrons. The van der Waals surface area contributed by atoms with E-state index in [2.05, 4.69) is 9.88 Å². The monoisotopic (exact) mass is 303 g/mol. The Kier molecular flexibility index (Phi) is 3.27. The summed E-state index contributed by atoms with van der Waals surface area (Å²) in [6.45, 7) is 3.60. The number of piperidine rings is 1. The molecule has 0 N–H and O–H groups in total. The van der Waals surface area contributed by atoms with Gasteiger partial charge in [0.1, 0.15) is 5.01 Å².